The zero-order valence-corrected chi connectivity index (χ0v) is 10.2. The molecule has 14 heavy (non-hydrogen) atoms. The van der Waals surface area contributed by atoms with Crippen molar-refractivity contribution in [3.05, 3.63) is 0 Å². The van der Waals surface area contributed by atoms with E-state index in [2.05, 4.69) is 32.6 Å². The van der Waals surface area contributed by atoms with Crippen molar-refractivity contribution >= 4 is 0 Å². The monoisotopic (exact) mass is 198 g/mol. The zero-order valence-electron chi connectivity index (χ0n) is 10.2. The van der Waals surface area contributed by atoms with Gasteiger partial charge in [-0.3, -0.25) is 0 Å². The highest BCUT2D eigenvalue weighted by Crippen LogP contribution is 2.24. The van der Waals surface area contributed by atoms with Crippen LogP contribution in [0.15, 0.2) is 0 Å². The molecular weight excluding hydrogens is 172 g/mol. The molecule has 0 amide bonds. The number of likely N-dealkylation sites (tertiary alicyclic amines) is 1. The van der Waals surface area contributed by atoms with Crippen molar-refractivity contribution in [3.8, 4) is 0 Å². The second-order valence-electron chi connectivity index (χ2n) is 5.30. The maximum atomic E-state index is 5.84. The molecule has 1 fully saturated rings. The van der Waals surface area contributed by atoms with Gasteiger partial charge < -0.3 is 10.6 Å². The summed E-state index contributed by atoms with van der Waals surface area (Å²) in [6.07, 6.45) is 2.48. The number of rotatable bonds is 3. The van der Waals surface area contributed by atoms with Crippen molar-refractivity contribution in [1.82, 2.24) is 4.90 Å². The fourth-order valence-corrected chi connectivity index (χ4v) is 2.38. The maximum absolute atomic E-state index is 5.84. The summed E-state index contributed by atoms with van der Waals surface area (Å²) in [4.78, 5) is 2.61. The number of nitrogens with two attached hydrogens (primary N) is 1. The molecular formula is C12H26N2. The molecule has 1 saturated heterocycles. The van der Waals surface area contributed by atoms with Gasteiger partial charge in [-0.1, -0.05) is 13.8 Å². The number of piperidine rings is 1. The van der Waals surface area contributed by atoms with Gasteiger partial charge in [-0.05, 0) is 45.1 Å². The third-order valence-electron chi connectivity index (χ3n) is 3.70. The van der Waals surface area contributed by atoms with Gasteiger partial charge in [-0.25, -0.2) is 0 Å². The van der Waals surface area contributed by atoms with Crippen LogP contribution >= 0.6 is 0 Å². The van der Waals surface area contributed by atoms with E-state index in [1.807, 2.05) is 0 Å². The molecule has 1 aliphatic rings. The summed E-state index contributed by atoms with van der Waals surface area (Å²) in [7, 11) is 0. The Bertz CT molecular complexity index is 168. The second kappa shape index (κ2) is 5.13. The molecule has 1 heterocycles. The Morgan fingerprint density at radius 3 is 2.43 bits per heavy atom. The Balaban J connectivity index is 2.38. The molecule has 2 N–H and O–H groups in total. The number of nitrogens with zero attached hydrogens (tertiary/aromatic N) is 1. The normalized spacial score (nSPS) is 34.1. The molecule has 2 heteroatoms. The molecule has 0 aliphatic carbocycles. The Labute approximate surface area is 88.8 Å². The van der Waals surface area contributed by atoms with Gasteiger partial charge in [0, 0.05) is 18.6 Å². The van der Waals surface area contributed by atoms with Crippen molar-refractivity contribution in [1.29, 1.82) is 0 Å². The summed E-state index contributed by atoms with van der Waals surface area (Å²) in [5.41, 5.74) is 5.84. The molecule has 84 valence electrons. The second-order valence-corrected chi connectivity index (χ2v) is 5.30. The molecule has 0 bridgehead atoms. The summed E-state index contributed by atoms with van der Waals surface area (Å²) < 4.78 is 0. The summed E-state index contributed by atoms with van der Waals surface area (Å²) in [6, 6.07) is 0.990. The lowest BCUT2D eigenvalue weighted by Crippen LogP contribution is -2.45. The minimum absolute atomic E-state index is 0.333. The van der Waals surface area contributed by atoms with Gasteiger partial charge in [0.25, 0.3) is 0 Å². The lowest BCUT2D eigenvalue weighted by atomic mass is 9.87. The van der Waals surface area contributed by atoms with Gasteiger partial charge >= 0.3 is 0 Å². The van der Waals surface area contributed by atoms with Gasteiger partial charge in [-0.2, -0.15) is 0 Å². The molecule has 1 rings (SSSR count). The summed E-state index contributed by atoms with van der Waals surface area (Å²) in [5, 5.41) is 0. The van der Waals surface area contributed by atoms with E-state index in [4.69, 9.17) is 5.73 Å². The van der Waals surface area contributed by atoms with Crippen LogP contribution in [0.3, 0.4) is 0 Å². The van der Waals surface area contributed by atoms with Gasteiger partial charge in [0.1, 0.15) is 0 Å². The first kappa shape index (κ1) is 12.0. The minimum Gasteiger partial charge on any atom is -0.328 e. The highest BCUT2D eigenvalue weighted by molar-refractivity contribution is 4.79. The van der Waals surface area contributed by atoms with Crippen molar-refractivity contribution in [2.24, 2.45) is 17.6 Å². The Kier molecular flexibility index (Phi) is 4.39. The number of hydrogen-bond donors (Lipinski definition) is 1. The van der Waals surface area contributed by atoms with E-state index < -0.39 is 0 Å². The SMILES string of the molecule is CC(N)CC(C)N1CCC(C)C(C)C1. The van der Waals surface area contributed by atoms with E-state index in [9.17, 15) is 0 Å². The predicted octanol–water partition coefficient (Wildman–Crippen LogP) is 2.09. The van der Waals surface area contributed by atoms with Crippen LogP contribution in [0, 0.1) is 11.8 Å². The molecule has 4 atom stereocenters. The zero-order chi connectivity index (χ0) is 10.7. The lowest BCUT2D eigenvalue weighted by molar-refractivity contribution is 0.0963. The maximum Gasteiger partial charge on any atom is 0.00816 e. The summed E-state index contributed by atoms with van der Waals surface area (Å²) >= 11 is 0. The van der Waals surface area contributed by atoms with Crippen LogP contribution in [-0.2, 0) is 0 Å². The first-order chi connectivity index (χ1) is 6.50. The number of hydrogen-bond acceptors (Lipinski definition) is 2. The molecule has 0 aromatic rings. The van der Waals surface area contributed by atoms with Gasteiger partial charge in [0.05, 0.1) is 0 Å². The van der Waals surface area contributed by atoms with Gasteiger partial charge in [0.15, 0.2) is 0 Å². The third kappa shape index (κ3) is 3.25. The van der Waals surface area contributed by atoms with E-state index in [0.29, 0.717) is 12.1 Å². The van der Waals surface area contributed by atoms with Crippen LogP contribution < -0.4 is 5.73 Å². The first-order valence-electron chi connectivity index (χ1n) is 6.00. The molecule has 0 spiro atoms. The van der Waals surface area contributed by atoms with E-state index >= 15 is 0 Å². The van der Waals surface area contributed by atoms with Crippen molar-refractivity contribution < 1.29 is 0 Å². The fraction of sp³-hybridized carbons (Fsp3) is 1.00. The molecule has 4 unspecified atom stereocenters. The van der Waals surface area contributed by atoms with Crippen LogP contribution in [0.5, 0.6) is 0 Å². The molecule has 0 radical (unpaired) electrons. The van der Waals surface area contributed by atoms with E-state index in [0.717, 1.165) is 18.3 Å². The molecule has 2 nitrogen and oxygen atoms in total. The average Bonchev–Trinajstić information content (AvgIpc) is 2.08. The first-order valence-corrected chi connectivity index (χ1v) is 6.00. The van der Waals surface area contributed by atoms with Crippen LogP contribution in [0.4, 0.5) is 0 Å². The third-order valence-corrected chi connectivity index (χ3v) is 3.70. The topological polar surface area (TPSA) is 29.3 Å². The summed E-state index contributed by atoms with van der Waals surface area (Å²) in [5.74, 6) is 1.74. The summed E-state index contributed by atoms with van der Waals surface area (Å²) in [6.45, 7) is 11.7. The smallest absolute Gasteiger partial charge is 0.00816 e. The van der Waals surface area contributed by atoms with E-state index in [1.165, 1.54) is 19.5 Å². The largest absolute Gasteiger partial charge is 0.328 e. The lowest BCUT2D eigenvalue weighted by Gasteiger charge is -2.39. The fourth-order valence-electron chi connectivity index (χ4n) is 2.38. The highest BCUT2D eigenvalue weighted by atomic mass is 15.2. The van der Waals surface area contributed by atoms with Gasteiger partial charge in [0.2, 0.25) is 0 Å². The van der Waals surface area contributed by atoms with E-state index in [-0.39, 0.29) is 0 Å². The molecule has 0 aromatic carbocycles. The van der Waals surface area contributed by atoms with Crippen LogP contribution in [-0.4, -0.2) is 30.1 Å². The molecule has 1 aliphatic heterocycles. The minimum atomic E-state index is 0.333. The quantitative estimate of drug-likeness (QED) is 0.752. The average molecular weight is 198 g/mol. The van der Waals surface area contributed by atoms with Crippen LogP contribution in [0.2, 0.25) is 0 Å². The van der Waals surface area contributed by atoms with Crippen LogP contribution in [0.25, 0.3) is 0 Å². The Morgan fingerprint density at radius 1 is 1.29 bits per heavy atom. The van der Waals surface area contributed by atoms with E-state index in [1.54, 1.807) is 0 Å². The van der Waals surface area contributed by atoms with Crippen molar-refractivity contribution in [2.75, 3.05) is 13.1 Å². The van der Waals surface area contributed by atoms with Crippen LogP contribution in [0.1, 0.15) is 40.5 Å². The highest BCUT2D eigenvalue weighted by Gasteiger charge is 2.25. The standard InChI is InChI=1S/C12H26N2/c1-9-5-6-14(8-10(9)2)12(4)7-11(3)13/h9-12H,5-8,13H2,1-4H3. The van der Waals surface area contributed by atoms with Crippen molar-refractivity contribution in [3.63, 3.8) is 0 Å². The predicted molar refractivity (Wildman–Crippen MR) is 62.2 cm³/mol. The Hall–Kier alpha value is -0.0800. The van der Waals surface area contributed by atoms with Gasteiger partial charge in [-0.15, -0.1) is 0 Å². The Morgan fingerprint density at radius 2 is 1.93 bits per heavy atom. The van der Waals surface area contributed by atoms with Crippen molar-refractivity contribution in [2.45, 2.75) is 52.6 Å². The molecule has 0 aromatic heterocycles. The molecule has 0 saturated carbocycles.